The summed E-state index contributed by atoms with van der Waals surface area (Å²) in [6.45, 7) is 0. The molecule has 2 aromatic carbocycles. The molecule has 20 heavy (non-hydrogen) atoms. The normalized spacial score (nSPS) is 18.4. The predicted octanol–water partition coefficient (Wildman–Crippen LogP) is 4.72. The van der Waals surface area contributed by atoms with Gasteiger partial charge in [0.05, 0.1) is 0 Å². The maximum atomic E-state index is 12.7. The number of halogens is 1. The third kappa shape index (κ3) is 2.64. The van der Waals surface area contributed by atoms with Crippen LogP contribution in [0, 0.1) is 5.92 Å². The first-order valence-corrected chi connectivity index (χ1v) is 7.49. The van der Waals surface area contributed by atoms with E-state index in [9.17, 15) is 4.79 Å². The predicted molar refractivity (Wildman–Crippen MR) is 82.4 cm³/mol. The molecule has 2 heteroatoms. The number of benzene rings is 2. The Morgan fingerprint density at radius 1 is 1.05 bits per heavy atom. The number of ketones is 1. The lowest BCUT2D eigenvalue weighted by Crippen LogP contribution is -2.16. The Bertz CT molecular complexity index is 633. The summed E-state index contributed by atoms with van der Waals surface area (Å²) in [4.78, 5) is 12.7. The van der Waals surface area contributed by atoms with Crippen molar-refractivity contribution in [1.82, 2.24) is 0 Å². The van der Waals surface area contributed by atoms with Crippen molar-refractivity contribution in [2.24, 2.45) is 5.92 Å². The van der Waals surface area contributed by atoms with Crippen molar-refractivity contribution in [2.75, 3.05) is 0 Å². The zero-order chi connectivity index (χ0) is 13.9. The number of carbonyl (C=O) groups is 1. The van der Waals surface area contributed by atoms with Crippen LogP contribution in [0.2, 0.25) is 5.02 Å². The smallest absolute Gasteiger partial charge is 0.166 e. The first-order chi connectivity index (χ1) is 9.75. The second-order valence-electron chi connectivity index (χ2n) is 5.41. The molecule has 102 valence electrons. The van der Waals surface area contributed by atoms with E-state index >= 15 is 0 Å². The Balaban J connectivity index is 1.88. The van der Waals surface area contributed by atoms with Crippen LogP contribution < -0.4 is 0 Å². The fourth-order valence-corrected chi connectivity index (χ4v) is 3.21. The average Bonchev–Trinajstić information content (AvgIpc) is 2.62. The van der Waals surface area contributed by atoms with Gasteiger partial charge in [-0.2, -0.15) is 0 Å². The van der Waals surface area contributed by atoms with Crippen LogP contribution >= 0.6 is 11.6 Å². The van der Waals surface area contributed by atoms with Crippen LogP contribution in [0.15, 0.2) is 48.5 Å². The minimum absolute atomic E-state index is 0.0542. The standard InChI is InChI=1S/C18H17ClO/c19-17-11-4-2-7-14(17)12-15-9-5-8-13-6-1-3-10-16(13)18(15)20/h1-4,6-7,10-11,15H,5,8-9,12H2. The molecular weight excluding hydrogens is 268 g/mol. The van der Waals surface area contributed by atoms with E-state index < -0.39 is 0 Å². The van der Waals surface area contributed by atoms with Gasteiger partial charge >= 0.3 is 0 Å². The Labute approximate surface area is 124 Å². The minimum Gasteiger partial charge on any atom is -0.294 e. The Morgan fingerprint density at radius 2 is 1.80 bits per heavy atom. The highest BCUT2D eigenvalue weighted by molar-refractivity contribution is 6.31. The monoisotopic (exact) mass is 284 g/mol. The van der Waals surface area contributed by atoms with Gasteiger partial charge in [-0.05, 0) is 42.9 Å². The molecule has 0 saturated carbocycles. The van der Waals surface area contributed by atoms with Crippen LogP contribution in [-0.2, 0) is 12.8 Å². The van der Waals surface area contributed by atoms with E-state index in [1.165, 1.54) is 5.56 Å². The maximum Gasteiger partial charge on any atom is 0.166 e. The molecule has 0 radical (unpaired) electrons. The van der Waals surface area contributed by atoms with Crippen molar-refractivity contribution in [3.63, 3.8) is 0 Å². The van der Waals surface area contributed by atoms with Crippen molar-refractivity contribution >= 4 is 17.4 Å². The number of hydrogen-bond donors (Lipinski definition) is 0. The van der Waals surface area contributed by atoms with E-state index in [2.05, 4.69) is 6.07 Å². The van der Waals surface area contributed by atoms with E-state index in [4.69, 9.17) is 11.6 Å². The maximum absolute atomic E-state index is 12.7. The molecule has 1 aliphatic carbocycles. The van der Waals surface area contributed by atoms with Crippen molar-refractivity contribution < 1.29 is 4.79 Å². The van der Waals surface area contributed by atoms with Gasteiger partial charge in [-0.15, -0.1) is 0 Å². The molecule has 1 aliphatic rings. The van der Waals surface area contributed by atoms with E-state index in [1.54, 1.807) is 0 Å². The molecule has 0 heterocycles. The third-order valence-electron chi connectivity index (χ3n) is 4.08. The molecule has 0 N–H and O–H groups in total. The molecule has 1 atom stereocenters. The Morgan fingerprint density at radius 3 is 2.65 bits per heavy atom. The fourth-order valence-electron chi connectivity index (χ4n) is 2.99. The van der Waals surface area contributed by atoms with Crippen molar-refractivity contribution in [1.29, 1.82) is 0 Å². The van der Waals surface area contributed by atoms with E-state index in [0.29, 0.717) is 0 Å². The Kier molecular flexibility index (Phi) is 3.88. The van der Waals surface area contributed by atoms with E-state index in [-0.39, 0.29) is 11.7 Å². The molecule has 0 aromatic heterocycles. The second kappa shape index (κ2) is 5.80. The number of rotatable bonds is 2. The summed E-state index contributed by atoms with van der Waals surface area (Å²) in [5.74, 6) is 0.330. The van der Waals surface area contributed by atoms with Gasteiger partial charge in [0, 0.05) is 16.5 Å². The topological polar surface area (TPSA) is 17.1 Å². The van der Waals surface area contributed by atoms with Crippen molar-refractivity contribution in [3.8, 4) is 0 Å². The fraction of sp³-hybridized carbons (Fsp3) is 0.278. The highest BCUT2D eigenvalue weighted by Crippen LogP contribution is 2.28. The first-order valence-electron chi connectivity index (χ1n) is 7.11. The molecule has 0 saturated heterocycles. The van der Waals surface area contributed by atoms with Gasteiger partial charge in [0.2, 0.25) is 0 Å². The number of carbonyl (C=O) groups excluding carboxylic acids is 1. The largest absolute Gasteiger partial charge is 0.294 e. The molecule has 0 amide bonds. The summed E-state index contributed by atoms with van der Waals surface area (Å²) in [6, 6.07) is 15.8. The zero-order valence-corrected chi connectivity index (χ0v) is 12.1. The van der Waals surface area contributed by atoms with Gasteiger partial charge in [0.1, 0.15) is 0 Å². The average molecular weight is 285 g/mol. The van der Waals surface area contributed by atoms with Crippen molar-refractivity contribution in [2.45, 2.75) is 25.7 Å². The van der Waals surface area contributed by atoms with Gasteiger partial charge in [-0.1, -0.05) is 54.1 Å². The van der Waals surface area contributed by atoms with Gasteiger partial charge in [0.25, 0.3) is 0 Å². The van der Waals surface area contributed by atoms with E-state index in [1.807, 2.05) is 42.5 Å². The lowest BCUT2D eigenvalue weighted by atomic mass is 9.89. The third-order valence-corrected chi connectivity index (χ3v) is 4.45. The Hall–Kier alpha value is -1.60. The van der Waals surface area contributed by atoms with Gasteiger partial charge in [0.15, 0.2) is 5.78 Å². The second-order valence-corrected chi connectivity index (χ2v) is 5.81. The molecule has 1 unspecified atom stereocenters. The molecule has 1 nitrogen and oxygen atoms in total. The molecule has 0 bridgehead atoms. The number of Topliss-reactive ketones (excluding diaryl/α,β-unsaturated/α-hetero) is 1. The number of aryl methyl sites for hydroxylation is 1. The quantitative estimate of drug-likeness (QED) is 0.730. The van der Waals surface area contributed by atoms with Crippen LogP contribution in [0.4, 0.5) is 0 Å². The van der Waals surface area contributed by atoms with Crippen molar-refractivity contribution in [3.05, 3.63) is 70.2 Å². The van der Waals surface area contributed by atoms with Gasteiger partial charge < -0.3 is 0 Å². The SMILES string of the molecule is O=C1c2ccccc2CCCC1Cc1ccccc1Cl. The number of hydrogen-bond acceptors (Lipinski definition) is 1. The molecule has 3 rings (SSSR count). The van der Waals surface area contributed by atoms with Crippen LogP contribution in [0.5, 0.6) is 0 Å². The summed E-state index contributed by atoms with van der Waals surface area (Å²) in [5, 5.41) is 0.762. The van der Waals surface area contributed by atoms with Crippen LogP contribution in [0.1, 0.15) is 34.3 Å². The summed E-state index contributed by atoms with van der Waals surface area (Å²) >= 11 is 6.22. The lowest BCUT2D eigenvalue weighted by molar-refractivity contribution is 0.0915. The van der Waals surface area contributed by atoms with E-state index in [0.717, 1.165) is 41.8 Å². The summed E-state index contributed by atoms with van der Waals surface area (Å²) in [6.07, 6.45) is 3.75. The van der Waals surface area contributed by atoms with Crippen LogP contribution in [0.3, 0.4) is 0 Å². The molecule has 0 aliphatic heterocycles. The van der Waals surface area contributed by atoms with Gasteiger partial charge in [-0.3, -0.25) is 4.79 Å². The minimum atomic E-state index is 0.0542. The zero-order valence-electron chi connectivity index (χ0n) is 11.3. The van der Waals surface area contributed by atoms with Crippen LogP contribution in [-0.4, -0.2) is 5.78 Å². The molecule has 0 spiro atoms. The summed E-state index contributed by atoms with van der Waals surface area (Å²) < 4.78 is 0. The highest BCUT2D eigenvalue weighted by Gasteiger charge is 2.25. The number of fused-ring (bicyclic) bond motifs is 1. The first kappa shape index (κ1) is 13.4. The molecule has 0 fully saturated rings. The van der Waals surface area contributed by atoms with Gasteiger partial charge in [-0.25, -0.2) is 0 Å². The highest BCUT2D eigenvalue weighted by atomic mass is 35.5. The molecule has 2 aromatic rings. The summed E-state index contributed by atoms with van der Waals surface area (Å²) in [5.41, 5.74) is 3.17. The lowest BCUT2D eigenvalue weighted by Gasteiger charge is -2.14. The van der Waals surface area contributed by atoms with Crippen LogP contribution in [0.25, 0.3) is 0 Å². The summed E-state index contributed by atoms with van der Waals surface area (Å²) in [7, 11) is 0. The molecular formula is C18H17ClO.